The van der Waals surface area contributed by atoms with Crippen LogP contribution in [0.5, 0.6) is 0 Å². The van der Waals surface area contributed by atoms with Gasteiger partial charge in [0.1, 0.15) is 0 Å². The summed E-state index contributed by atoms with van der Waals surface area (Å²) in [4.78, 5) is 0. The van der Waals surface area contributed by atoms with Gasteiger partial charge in [-0.2, -0.15) is 0 Å². The Morgan fingerprint density at radius 1 is 1.00 bits per heavy atom. The first-order valence-corrected chi connectivity index (χ1v) is 6.16. The van der Waals surface area contributed by atoms with Crippen molar-refractivity contribution in [2.45, 2.75) is 74.7 Å². The molecule has 1 fully saturated rings. The van der Waals surface area contributed by atoms with Crippen LogP contribution in [-0.4, -0.2) is 0 Å². The van der Waals surface area contributed by atoms with Gasteiger partial charge in [-0.3, -0.25) is 0 Å². The monoisotopic (exact) mass is 188 g/mol. The van der Waals surface area contributed by atoms with Crippen molar-refractivity contribution in [2.75, 3.05) is 0 Å². The largest absolute Gasteiger partial charge is 0.0683 e. The van der Waals surface area contributed by atoms with Gasteiger partial charge in [0.05, 0.1) is 0 Å². The Kier molecular flexibility index (Phi) is 25.8. The maximum absolute atomic E-state index is 2.28. The van der Waals surface area contributed by atoms with Crippen molar-refractivity contribution in [3.05, 3.63) is 0 Å². The van der Waals surface area contributed by atoms with E-state index in [0.29, 0.717) is 0 Å². The first-order valence-electron chi connectivity index (χ1n) is 6.16. The smallest absolute Gasteiger partial charge is 0.0443 e. The standard InChI is InChI=1S/C5H12.C4H8.2C2H6/c1-4-5(2)3;1-4-2-3-4;2*1-2/h5H,4H2,1-3H3;4H,2-3H2,1H3;2*1-2H3. The summed E-state index contributed by atoms with van der Waals surface area (Å²) in [5.41, 5.74) is 0. The van der Waals surface area contributed by atoms with Gasteiger partial charge >= 0.3 is 0 Å². The minimum atomic E-state index is 0.884. The summed E-state index contributed by atoms with van der Waals surface area (Å²) in [6, 6.07) is 0. The zero-order valence-corrected chi connectivity index (χ0v) is 11.3. The zero-order chi connectivity index (χ0) is 11.3. The van der Waals surface area contributed by atoms with Crippen molar-refractivity contribution < 1.29 is 0 Å². The Bertz CT molecular complexity index is 51.1. The third-order valence-electron chi connectivity index (χ3n) is 1.68. The molecule has 0 aliphatic heterocycles. The van der Waals surface area contributed by atoms with E-state index in [1.165, 1.54) is 19.3 Å². The van der Waals surface area contributed by atoms with Gasteiger partial charge < -0.3 is 0 Å². The van der Waals surface area contributed by atoms with Crippen LogP contribution in [0.1, 0.15) is 74.7 Å². The Labute approximate surface area is 87.1 Å². The molecule has 0 bridgehead atoms. The van der Waals surface area contributed by atoms with Gasteiger partial charge in [-0.1, -0.05) is 74.7 Å². The van der Waals surface area contributed by atoms with E-state index in [9.17, 15) is 0 Å². The van der Waals surface area contributed by atoms with E-state index in [1.807, 2.05) is 27.7 Å². The van der Waals surface area contributed by atoms with E-state index < -0.39 is 0 Å². The Balaban J connectivity index is -0.000000113. The van der Waals surface area contributed by atoms with Crippen LogP contribution >= 0.6 is 0 Å². The Morgan fingerprint density at radius 3 is 1.15 bits per heavy atom. The summed E-state index contributed by atoms with van der Waals surface area (Å²) in [5.74, 6) is 1.97. The summed E-state index contributed by atoms with van der Waals surface area (Å²) in [6.45, 7) is 16.9. The molecule has 0 nitrogen and oxygen atoms in total. The normalized spacial score (nSPS) is 12.7. The minimum Gasteiger partial charge on any atom is -0.0683 e. The molecule has 0 atom stereocenters. The molecule has 1 rings (SSSR count). The molecule has 0 aromatic rings. The van der Waals surface area contributed by atoms with E-state index in [-0.39, 0.29) is 0 Å². The fourth-order valence-electron chi connectivity index (χ4n) is 0.167. The summed E-state index contributed by atoms with van der Waals surface area (Å²) in [5, 5.41) is 0. The van der Waals surface area contributed by atoms with E-state index in [1.54, 1.807) is 0 Å². The highest BCUT2D eigenvalue weighted by Crippen LogP contribution is 2.26. The van der Waals surface area contributed by atoms with Gasteiger partial charge in [-0.15, -0.1) is 0 Å². The van der Waals surface area contributed by atoms with Crippen LogP contribution < -0.4 is 0 Å². The molecule has 0 amide bonds. The van der Waals surface area contributed by atoms with Gasteiger partial charge in [-0.05, 0) is 11.8 Å². The molecule has 0 N–H and O–H groups in total. The van der Waals surface area contributed by atoms with Crippen molar-refractivity contribution in [3.63, 3.8) is 0 Å². The van der Waals surface area contributed by atoms with Crippen LogP contribution in [0.15, 0.2) is 0 Å². The molecule has 0 aromatic carbocycles. The minimum absolute atomic E-state index is 0.884. The number of hydrogen-bond acceptors (Lipinski definition) is 0. The lowest BCUT2D eigenvalue weighted by molar-refractivity contribution is 0.626. The molecule has 0 heterocycles. The highest BCUT2D eigenvalue weighted by molar-refractivity contribution is 4.65. The average molecular weight is 188 g/mol. The number of rotatable bonds is 1. The second-order valence-corrected chi connectivity index (χ2v) is 3.48. The molecule has 0 unspecified atom stereocenters. The van der Waals surface area contributed by atoms with E-state index in [2.05, 4.69) is 27.7 Å². The predicted molar refractivity (Wildman–Crippen MR) is 66.2 cm³/mol. The molecule has 1 aliphatic carbocycles. The Hall–Kier alpha value is 0. The topological polar surface area (TPSA) is 0 Å². The fourth-order valence-corrected chi connectivity index (χ4v) is 0.167. The molecule has 1 aliphatic rings. The third-order valence-corrected chi connectivity index (χ3v) is 1.68. The molecule has 0 aromatic heterocycles. The molecular weight excluding hydrogens is 156 g/mol. The summed E-state index contributed by atoms with van der Waals surface area (Å²) >= 11 is 0. The predicted octanol–water partition coefficient (Wildman–Crippen LogP) is 5.52. The summed E-state index contributed by atoms with van der Waals surface area (Å²) < 4.78 is 0. The van der Waals surface area contributed by atoms with Crippen molar-refractivity contribution in [3.8, 4) is 0 Å². The van der Waals surface area contributed by atoms with Crippen LogP contribution in [0.25, 0.3) is 0 Å². The maximum atomic E-state index is 2.28. The van der Waals surface area contributed by atoms with Gasteiger partial charge in [0.25, 0.3) is 0 Å². The van der Waals surface area contributed by atoms with E-state index in [4.69, 9.17) is 0 Å². The molecule has 0 spiro atoms. The van der Waals surface area contributed by atoms with Gasteiger partial charge in [-0.25, -0.2) is 0 Å². The lowest BCUT2D eigenvalue weighted by Crippen LogP contribution is -1.77. The second-order valence-electron chi connectivity index (χ2n) is 3.48. The van der Waals surface area contributed by atoms with Crippen molar-refractivity contribution in [1.29, 1.82) is 0 Å². The lowest BCUT2D eigenvalue weighted by Gasteiger charge is -1.90. The van der Waals surface area contributed by atoms with Crippen LogP contribution in [0, 0.1) is 11.8 Å². The molecule has 0 heteroatoms. The van der Waals surface area contributed by atoms with Crippen molar-refractivity contribution in [1.82, 2.24) is 0 Å². The van der Waals surface area contributed by atoms with Crippen LogP contribution in [-0.2, 0) is 0 Å². The fraction of sp³-hybridized carbons (Fsp3) is 1.00. The molecular formula is C13H32. The number of hydrogen-bond donors (Lipinski definition) is 0. The van der Waals surface area contributed by atoms with Gasteiger partial charge in [0, 0.05) is 0 Å². The molecule has 84 valence electrons. The Morgan fingerprint density at radius 2 is 1.15 bits per heavy atom. The molecule has 0 radical (unpaired) electrons. The third kappa shape index (κ3) is 48.0. The zero-order valence-electron chi connectivity index (χ0n) is 11.3. The van der Waals surface area contributed by atoms with Crippen LogP contribution in [0.3, 0.4) is 0 Å². The average Bonchev–Trinajstić information content (AvgIpc) is 2.95. The quantitative estimate of drug-likeness (QED) is 0.508. The SMILES string of the molecule is CC.CC.CC1CC1.CCC(C)C. The molecule has 13 heavy (non-hydrogen) atoms. The summed E-state index contributed by atoms with van der Waals surface area (Å²) in [6.07, 6.45) is 4.28. The summed E-state index contributed by atoms with van der Waals surface area (Å²) in [7, 11) is 0. The van der Waals surface area contributed by atoms with Gasteiger partial charge in [0.2, 0.25) is 0 Å². The van der Waals surface area contributed by atoms with Crippen LogP contribution in [0.2, 0.25) is 0 Å². The highest BCUT2D eigenvalue weighted by atomic mass is 14.2. The van der Waals surface area contributed by atoms with Gasteiger partial charge in [0.15, 0.2) is 0 Å². The second kappa shape index (κ2) is 17.9. The first-order chi connectivity index (χ1) is 6.16. The van der Waals surface area contributed by atoms with E-state index >= 15 is 0 Å². The lowest BCUT2D eigenvalue weighted by atomic mass is 10.2. The van der Waals surface area contributed by atoms with E-state index in [0.717, 1.165) is 11.8 Å². The first kappa shape index (κ1) is 18.7. The molecule has 1 saturated carbocycles. The highest BCUT2D eigenvalue weighted by Gasteiger charge is 2.12. The molecule has 0 saturated heterocycles. The van der Waals surface area contributed by atoms with Crippen molar-refractivity contribution >= 4 is 0 Å². The van der Waals surface area contributed by atoms with Crippen LogP contribution in [0.4, 0.5) is 0 Å². The van der Waals surface area contributed by atoms with Crippen molar-refractivity contribution in [2.24, 2.45) is 11.8 Å². The maximum Gasteiger partial charge on any atom is -0.0443 e.